The van der Waals surface area contributed by atoms with Crippen LogP contribution in [0.3, 0.4) is 0 Å². The molecular formula is C15H25NO3. The van der Waals surface area contributed by atoms with Crippen LogP contribution in [0.25, 0.3) is 0 Å². The van der Waals surface area contributed by atoms with Crippen LogP contribution < -0.4 is 5.32 Å². The molecule has 0 unspecified atom stereocenters. The highest BCUT2D eigenvalue weighted by Gasteiger charge is 2.20. The van der Waals surface area contributed by atoms with E-state index in [2.05, 4.69) is 17.5 Å². The zero-order chi connectivity index (χ0) is 14.1. The van der Waals surface area contributed by atoms with Crippen molar-refractivity contribution in [3.8, 4) is 0 Å². The Labute approximate surface area is 115 Å². The van der Waals surface area contributed by atoms with E-state index in [9.17, 15) is 4.79 Å². The van der Waals surface area contributed by atoms with E-state index < -0.39 is 5.97 Å². The molecule has 0 saturated carbocycles. The van der Waals surface area contributed by atoms with Gasteiger partial charge in [-0.2, -0.15) is 0 Å². The monoisotopic (exact) mass is 267 g/mol. The highest BCUT2D eigenvalue weighted by Crippen LogP contribution is 2.16. The van der Waals surface area contributed by atoms with Gasteiger partial charge in [0, 0.05) is 6.54 Å². The largest absolute Gasteiger partial charge is 0.478 e. The van der Waals surface area contributed by atoms with Gasteiger partial charge in [-0.05, 0) is 46.1 Å². The van der Waals surface area contributed by atoms with Crippen molar-refractivity contribution >= 4 is 5.97 Å². The van der Waals surface area contributed by atoms with Crippen LogP contribution in [-0.2, 0) is 9.53 Å². The summed E-state index contributed by atoms with van der Waals surface area (Å²) in [5, 5.41) is 12.5. The zero-order valence-corrected chi connectivity index (χ0v) is 11.9. The average molecular weight is 267 g/mol. The molecular weight excluding hydrogens is 242 g/mol. The molecule has 0 spiro atoms. The van der Waals surface area contributed by atoms with Gasteiger partial charge in [0.2, 0.25) is 0 Å². The molecule has 1 rings (SSSR count). The minimum Gasteiger partial charge on any atom is -0.478 e. The van der Waals surface area contributed by atoms with Crippen molar-refractivity contribution in [2.75, 3.05) is 19.7 Å². The van der Waals surface area contributed by atoms with Crippen molar-refractivity contribution in [3.63, 3.8) is 0 Å². The standard InChI is InChI=1S/C15H25NO3/c1-15(2)9-11-16-10-7-5-3-4-6-8-13(12-19-15)14(17)18/h5,7-8,16H,3-4,6,9-12H2,1-2H3,(H,17,18). The van der Waals surface area contributed by atoms with Crippen molar-refractivity contribution in [2.45, 2.75) is 45.1 Å². The summed E-state index contributed by atoms with van der Waals surface area (Å²) >= 11 is 0. The Bertz CT molecular complexity index is 345. The Morgan fingerprint density at radius 1 is 1.37 bits per heavy atom. The molecule has 0 radical (unpaired) electrons. The van der Waals surface area contributed by atoms with E-state index in [4.69, 9.17) is 9.84 Å². The fourth-order valence-electron chi connectivity index (χ4n) is 1.84. The average Bonchev–Trinajstić information content (AvgIpc) is 2.34. The molecule has 19 heavy (non-hydrogen) atoms. The first-order valence-electron chi connectivity index (χ1n) is 6.93. The third-order valence-electron chi connectivity index (χ3n) is 3.19. The Morgan fingerprint density at radius 3 is 2.89 bits per heavy atom. The number of hydrogen-bond acceptors (Lipinski definition) is 3. The number of aliphatic carboxylic acids is 1. The first-order valence-corrected chi connectivity index (χ1v) is 6.93. The Morgan fingerprint density at radius 2 is 2.16 bits per heavy atom. The summed E-state index contributed by atoms with van der Waals surface area (Å²) in [5.74, 6) is -0.878. The molecule has 4 nitrogen and oxygen atoms in total. The summed E-state index contributed by atoms with van der Waals surface area (Å²) in [6, 6.07) is 0. The van der Waals surface area contributed by atoms with Gasteiger partial charge in [0.1, 0.15) is 0 Å². The van der Waals surface area contributed by atoms with Gasteiger partial charge in [0.15, 0.2) is 0 Å². The number of carbonyl (C=O) groups is 1. The molecule has 0 aromatic carbocycles. The predicted octanol–water partition coefficient (Wildman–Crippen LogP) is 2.51. The van der Waals surface area contributed by atoms with Crippen LogP contribution >= 0.6 is 0 Å². The van der Waals surface area contributed by atoms with Gasteiger partial charge in [0.25, 0.3) is 0 Å². The summed E-state index contributed by atoms with van der Waals surface area (Å²) in [6.45, 7) is 5.92. The number of nitrogens with one attached hydrogen (secondary N) is 1. The van der Waals surface area contributed by atoms with Gasteiger partial charge in [-0.1, -0.05) is 18.2 Å². The van der Waals surface area contributed by atoms with Crippen LogP contribution in [0.2, 0.25) is 0 Å². The van der Waals surface area contributed by atoms with Gasteiger partial charge in [-0.25, -0.2) is 4.79 Å². The van der Waals surface area contributed by atoms with E-state index in [0.717, 1.165) is 38.8 Å². The Kier molecular flexibility index (Phi) is 6.81. The lowest BCUT2D eigenvalue weighted by molar-refractivity contribution is -0.134. The normalized spacial score (nSPS) is 22.3. The van der Waals surface area contributed by atoms with Crippen LogP contribution in [0, 0.1) is 0 Å². The highest BCUT2D eigenvalue weighted by atomic mass is 16.5. The molecule has 0 saturated heterocycles. The minimum atomic E-state index is -0.878. The summed E-state index contributed by atoms with van der Waals surface area (Å²) < 4.78 is 5.74. The lowest BCUT2D eigenvalue weighted by atomic mass is 10.0. The zero-order valence-electron chi connectivity index (χ0n) is 11.9. The maximum absolute atomic E-state index is 11.1. The summed E-state index contributed by atoms with van der Waals surface area (Å²) in [7, 11) is 0. The number of carboxylic acid groups (broad SMARTS) is 1. The molecule has 0 aliphatic carbocycles. The second-order valence-electron chi connectivity index (χ2n) is 5.44. The van der Waals surface area contributed by atoms with Crippen LogP contribution in [-0.4, -0.2) is 36.4 Å². The van der Waals surface area contributed by atoms with E-state index in [0.29, 0.717) is 5.57 Å². The van der Waals surface area contributed by atoms with Crippen molar-refractivity contribution in [1.82, 2.24) is 5.32 Å². The van der Waals surface area contributed by atoms with Gasteiger partial charge in [-0.15, -0.1) is 0 Å². The second-order valence-corrected chi connectivity index (χ2v) is 5.44. The fourth-order valence-corrected chi connectivity index (χ4v) is 1.84. The van der Waals surface area contributed by atoms with E-state index in [1.54, 1.807) is 6.08 Å². The van der Waals surface area contributed by atoms with Gasteiger partial charge in [0.05, 0.1) is 17.8 Å². The highest BCUT2D eigenvalue weighted by molar-refractivity contribution is 5.86. The quantitative estimate of drug-likeness (QED) is 0.717. The van der Waals surface area contributed by atoms with Crippen molar-refractivity contribution < 1.29 is 14.6 Å². The van der Waals surface area contributed by atoms with Crippen LogP contribution in [0.15, 0.2) is 23.8 Å². The second kappa shape index (κ2) is 8.12. The topological polar surface area (TPSA) is 58.6 Å². The molecule has 1 aliphatic heterocycles. The first kappa shape index (κ1) is 15.9. The predicted molar refractivity (Wildman–Crippen MR) is 76.2 cm³/mol. The van der Waals surface area contributed by atoms with Crippen LogP contribution in [0.5, 0.6) is 0 Å². The van der Waals surface area contributed by atoms with E-state index >= 15 is 0 Å². The molecule has 0 fully saturated rings. The molecule has 0 amide bonds. The van der Waals surface area contributed by atoms with Crippen LogP contribution in [0.1, 0.15) is 39.5 Å². The smallest absolute Gasteiger partial charge is 0.333 e. The number of carboxylic acids is 1. The number of ether oxygens (including phenoxy) is 1. The molecule has 1 heterocycles. The first-order chi connectivity index (χ1) is 9.01. The summed E-state index contributed by atoms with van der Waals surface area (Å²) in [6.07, 6.45) is 9.65. The van der Waals surface area contributed by atoms with Crippen LogP contribution in [0.4, 0.5) is 0 Å². The van der Waals surface area contributed by atoms with Crippen molar-refractivity contribution in [1.29, 1.82) is 0 Å². The number of rotatable bonds is 1. The molecule has 0 bridgehead atoms. The van der Waals surface area contributed by atoms with E-state index in [1.807, 2.05) is 13.8 Å². The number of allylic oxidation sites excluding steroid dienone is 2. The van der Waals surface area contributed by atoms with E-state index in [1.165, 1.54) is 0 Å². The van der Waals surface area contributed by atoms with Gasteiger partial charge < -0.3 is 15.2 Å². The van der Waals surface area contributed by atoms with Crippen molar-refractivity contribution in [2.24, 2.45) is 0 Å². The number of hydrogen-bond donors (Lipinski definition) is 2. The Balaban J connectivity index is 2.65. The Hall–Kier alpha value is -1.13. The molecule has 4 heteroatoms. The summed E-state index contributed by atoms with van der Waals surface area (Å²) in [5.41, 5.74) is 0.0529. The third kappa shape index (κ3) is 7.13. The van der Waals surface area contributed by atoms with Gasteiger partial charge >= 0.3 is 5.97 Å². The minimum absolute atomic E-state index is 0.179. The maximum Gasteiger partial charge on any atom is 0.333 e. The fraction of sp³-hybridized carbons (Fsp3) is 0.667. The molecule has 2 N–H and O–H groups in total. The lowest BCUT2D eigenvalue weighted by Crippen LogP contribution is -2.31. The van der Waals surface area contributed by atoms with E-state index in [-0.39, 0.29) is 12.2 Å². The van der Waals surface area contributed by atoms with Crippen molar-refractivity contribution in [3.05, 3.63) is 23.8 Å². The molecule has 0 aromatic rings. The summed E-state index contributed by atoms with van der Waals surface area (Å²) in [4.78, 5) is 11.1. The molecule has 1 aliphatic rings. The van der Waals surface area contributed by atoms with Gasteiger partial charge in [-0.3, -0.25) is 0 Å². The molecule has 108 valence electrons. The molecule has 0 aromatic heterocycles. The SMILES string of the molecule is CC1(C)CCNCC=CCCCC=C(C(=O)O)CO1. The maximum atomic E-state index is 11.1. The molecule has 0 atom stereocenters. The lowest BCUT2D eigenvalue weighted by Gasteiger charge is -2.25. The third-order valence-corrected chi connectivity index (χ3v) is 3.19.